The summed E-state index contributed by atoms with van der Waals surface area (Å²) in [6, 6.07) is 14.6. The maximum atomic E-state index is 13.6. The predicted molar refractivity (Wildman–Crippen MR) is 130 cm³/mol. The molecule has 35 heavy (non-hydrogen) atoms. The molecule has 0 radical (unpaired) electrons. The maximum Gasteiger partial charge on any atom is 0.290 e. The van der Waals surface area contributed by atoms with Gasteiger partial charge in [-0.05, 0) is 36.4 Å². The highest BCUT2D eigenvalue weighted by Crippen LogP contribution is 2.31. The Kier molecular flexibility index (Phi) is 7.18. The number of carbonyl (C=O) groups is 2. The van der Waals surface area contributed by atoms with Crippen molar-refractivity contribution < 1.29 is 23.1 Å². The first-order valence-electron chi connectivity index (χ1n) is 10.8. The van der Waals surface area contributed by atoms with Crippen molar-refractivity contribution in [2.24, 2.45) is 0 Å². The maximum absolute atomic E-state index is 13.6. The number of hydrogen-bond acceptors (Lipinski definition) is 8. The summed E-state index contributed by atoms with van der Waals surface area (Å²) in [4.78, 5) is 31.9. The van der Waals surface area contributed by atoms with Crippen LogP contribution in [0.25, 0.3) is 11.0 Å². The molecular weight excluding hydrogens is 470 g/mol. The van der Waals surface area contributed by atoms with E-state index in [1.54, 1.807) is 54.9 Å². The van der Waals surface area contributed by atoms with E-state index in [0.29, 0.717) is 11.0 Å². The molecule has 0 bridgehead atoms. The zero-order valence-corrected chi connectivity index (χ0v) is 19.4. The van der Waals surface area contributed by atoms with Crippen LogP contribution in [0.2, 0.25) is 0 Å². The number of nitrogens with one attached hydrogen (secondary N) is 1. The van der Waals surface area contributed by atoms with Crippen molar-refractivity contribution in [1.29, 1.82) is 0 Å². The van der Waals surface area contributed by atoms with Gasteiger partial charge in [0, 0.05) is 50.3 Å². The van der Waals surface area contributed by atoms with Crippen molar-refractivity contribution in [3.05, 3.63) is 84.4 Å². The Hall–Kier alpha value is -4.09. The van der Waals surface area contributed by atoms with Crippen LogP contribution in [0.4, 0.5) is 5.69 Å². The van der Waals surface area contributed by atoms with Gasteiger partial charge in [-0.15, -0.1) is 0 Å². The molecule has 0 saturated carbocycles. The van der Waals surface area contributed by atoms with Gasteiger partial charge in [0.2, 0.25) is 5.78 Å². The summed E-state index contributed by atoms with van der Waals surface area (Å²) >= 11 is 0. The number of benzene rings is 1. The van der Waals surface area contributed by atoms with Crippen LogP contribution in [0, 0.1) is 0 Å². The van der Waals surface area contributed by atoms with Gasteiger partial charge in [-0.1, -0.05) is 18.2 Å². The van der Waals surface area contributed by atoms with E-state index in [1.807, 2.05) is 0 Å². The molecular formula is C24H23N5O5S. The van der Waals surface area contributed by atoms with E-state index in [0.717, 1.165) is 31.9 Å². The fraction of sp³-hybridized carbons (Fsp3) is 0.167. The zero-order valence-electron chi connectivity index (χ0n) is 18.6. The molecule has 1 aliphatic heterocycles. The third kappa shape index (κ3) is 4.91. The van der Waals surface area contributed by atoms with Crippen molar-refractivity contribution in [2.45, 2.75) is 4.90 Å². The fourth-order valence-electron chi connectivity index (χ4n) is 3.91. The quantitative estimate of drug-likeness (QED) is 0.316. The van der Waals surface area contributed by atoms with Crippen LogP contribution >= 0.6 is 0 Å². The molecule has 10 nitrogen and oxygen atoms in total. The van der Waals surface area contributed by atoms with Crippen LogP contribution in [-0.4, -0.2) is 65.9 Å². The van der Waals surface area contributed by atoms with E-state index in [9.17, 15) is 13.2 Å². The molecule has 0 amide bonds. The predicted octanol–water partition coefficient (Wildman–Crippen LogP) is 2.01. The molecule has 1 aliphatic rings. The number of piperazine rings is 1. The SMILES string of the molecule is O=C(c1cccc(S(=O)(=O)n2cc(N3CCNCC3)c3ncccc32)c1)c1ccccn1.O=CO. The number of aromatic nitrogens is 3. The Morgan fingerprint density at radius 3 is 2.46 bits per heavy atom. The standard InChI is InChI=1S/C23H21N5O3S.CH2O2/c29-23(19-7-1-2-9-25-19)17-5-3-6-18(15-17)32(30,31)28-16-21(27-13-11-24-12-14-27)22-20(28)8-4-10-26-22;2-1-3/h1-10,15-16,24H,11-14H2;1H,(H,2,3). The Morgan fingerprint density at radius 1 is 1.00 bits per heavy atom. The van der Waals surface area contributed by atoms with Crippen LogP contribution in [0.15, 0.2) is 78.1 Å². The number of rotatable bonds is 5. The molecule has 4 heterocycles. The van der Waals surface area contributed by atoms with Crippen molar-refractivity contribution in [3.8, 4) is 0 Å². The third-order valence-corrected chi connectivity index (χ3v) is 7.18. The van der Waals surface area contributed by atoms with Crippen LogP contribution < -0.4 is 10.2 Å². The topological polar surface area (TPSA) is 134 Å². The Morgan fingerprint density at radius 2 is 1.74 bits per heavy atom. The number of hydrogen-bond donors (Lipinski definition) is 2. The van der Waals surface area contributed by atoms with Gasteiger partial charge in [-0.25, -0.2) is 12.4 Å². The molecule has 3 aromatic heterocycles. The number of nitrogens with zero attached hydrogens (tertiary/aromatic N) is 4. The van der Waals surface area contributed by atoms with Gasteiger partial charge in [-0.3, -0.25) is 19.6 Å². The molecule has 5 rings (SSSR count). The van der Waals surface area contributed by atoms with E-state index < -0.39 is 10.0 Å². The van der Waals surface area contributed by atoms with Gasteiger partial charge >= 0.3 is 0 Å². The summed E-state index contributed by atoms with van der Waals surface area (Å²) in [5.41, 5.74) is 2.45. The summed E-state index contributed by atoms with van der Waals surface area (Å²) in [5, 5.41) is 10.2. The van der Waals surface area contributed by atoms with Crippen molar-refractivity contribution in [2.75, 3.05) is 31.1 Å². The van der Waals surface area contributed by atoms with Crippen LogP contribution in [0.1, 0.15) is 16.1 Å². The van der Waals surface area contributed by atoms with Crippen molar-refractivity contribution >= 4 is 39.0 Å². The van der Waals surface area contributed by atoms with E-state index in [1.165, 1.54) is 22.3 Å². The van der Waals surface area contributed by atoms with Gasteiger partial charge < -0.3 is 15.3 Å². The molecule has 0 unspecified atom stereocenters. The van der Waals surface area contributed by atoms with Gasteiger partial charge in [-0.2, -0.15) is 0 Å². The van der Waals surface area contributed by atoms with E-state index in [-0.39, 0.29) is 28.4 Å². The Bertz CT molecular complexity index is 1450. The highest BCUT2D eigenvalue weighted by molar-refractivity contribution is 7.90. The monoisotopic (exact) mass is 493 g/mol. The first-order valence-corrected chi connectivity index (χ1v) is 12.2. The summed E-state index contributed by atoms with van der Waals surface area (Å²) in [7, 11) is -3.96. The number of carboxylic acid groups (broad SMARTS) is 1. The summed E-state index contributed by atoms with van der Waals surface area (Å²) < 4.78 is 28.5. The first kappa shape index (κ1) is 24.0. The number of ketones is 1. The third-order valence-electron chi connectivity index (χ3n) is 5.51. The zero-order chi connectivity index (χ0) is 24.8. The minimum absolute atomic E-state index is 0.0342. The molecule has 11 heteroatoms. The minimum atomic E-state index is -3.96. The van der Waals surface area contributed by atoms with Gasteiger partial charge in [0.1, 0.15) is 11.2 Å². The molecule has 1 aromatic carbocycles. The van der Waals surface area contributed by atoms with Crippen LogP contribution in [0.5, 0.6) is 0 Å². The number of fused-ring (bicyclic) bond motifs is 1. The molecule has 180 valence electrons. The molecule has 1 saturated heterocycles. The molecule has 4 aromatic rings. The summed E-state index contributed by atoms with van der Waals surface area (Å²) in [6.07, 6.45) is 4.83. The molecule has 0 aliphatic carbocycles. The van der Waals surface area contributed by atoms with Crippen LogP contribution in [-0.2, 0) is 14.8 Å². The lowest BCUT2D eigenvalue weighted by atomic mass is 10.1. The molecule has 0 spiro atoms. The van der Waals surface area contributed by atoms with Crippen LogP contribution in [0.3, 0.4) is 0 Å². The Balaban J connectivity index is 0.000000917. The lowest BCUT2D eigenvalue weighted by molar-refractivity contribution is -0.122. The summed E-state index contributed by atoms with van der Waals surface area (Å²) in [5.74, 6) is -0.330. The highest BCUT2D eigenvalue weighted by Gasteiger charge is 2.25. The van der Waals surface area contributed by atoms with Gasteiger partial charge in [0.25, 0.3) is 16.5 Å². The molecule has 2 N–H and O–H groups in total. The summed E-state index contributed by atoms with van der Waals surface area (Å²) in [6.45, 7) is 2.93. The lowest BCUT2D eigenvalue weighted by Gasteiger charge is -2.28. The van der Waals surface area contributed by atoms with Crippen molar-refractivity contribution in [3.63, 3.8) is 0 Å². The average Bonchev–Trinajstić information content (AvgIpc) is 3.30. The Labute approximate surface area is 201 Å². The van der Waals surface area contributed by atoms with Crippen molar-refractivity contribution in [1.82, 2.24) is 19.3 Å². The number of anilines is 1. The second-order valence-electron chi connectivity index (χ2n) is 7.60. The second kappa shape index (κ2) is 10.5. The normalized spacial score (nSPS) is 13.7. The van der Waals surface area contributed by atoms with E-state index >= 15 is 0 Å². The fourth-order valence-corrected chi connectivity index (χ4v) is 5.30. The molecule has 0 atom stereocenters. The first-order chi connectivity index (χ1) is 17.0. The number of pyridine rings is 2. The second-order valence-corrected chi connectivity index (χ2v) is 9.42. The van der Waals surface area contributed by atoms with Gasteiger partial charge in [0.05, 0.1) is 16.1 Å². The van der Waals surface area contributed by atoms with E-state index in [2.05, 4.69) is 20.2 Å². The minimum Gasteiger partial charge on any atom is -0.483 e. The largest absolute Gasteiger partial charge is 0.483 e. The molecule has 1 fully saturated rings. The van der Waals surface area contributed by atoms with E-state index in [4.69, 9.17) is 9.90 Å². The average molecular weight is 494 g/mol. The number of carbonyl (C=O) groups excluding carboxylic acids is 1. The smallest absolute Gasteiger partial charge is 0.290 e. The van der Waals surface area contributed by atoms with Gasteiger partial charge in [0.15, 0.2) is 0 Å². The lowest BCUT2D eigenvalue weighted by Crippen LogP contribution is -2.43. The highest BCUT2D eigenvalue weighted by atomic mass is 32.2.